The van der Waals surface area contributed by atoms with Crippen LogP contribution in [0.2, 0.25) is 5.02 Å². The molecule has 3 rings (SSSR count). The minimum absolute atomic E-state index is 0.113. The molecule has 0 spiro atoms. The smallest absolute Gasteiger partial charge is 0.224 e. The number of benzene rings is 1. The van der Waals surface area contributed by atoms with Gasteiger partial charge in [-0.05, 0) is 66.3 Å². The second kappa shape index (κ2) is 4.13. The number of fused-ring (bicyclic) bond motifs is 2. The van der Waals surface area contributed by atoms with Crippen molar-refractivity contribution in [3.63, 3.8) is 0 Å². The highest BCUT2D eigenvalue weighted by molar-refractivity contribution is 6.31. The van der Waals surface area contributed by atoms with E-state index in [1.807, 2.05) is 0 Å². The van der Waals surface area contributed by atoms with Gasteiger partial charge in [0.25, 0.3) is 0 Å². The molecule has 1 aromatic carbocycles. The molecule has 1 atom stereocenters. The van der Waals surface area contributed by atoms with Crippen LogP contribution in [0.1, 0.15) is 48.1 Å². The summed E-state index contributed by atoms with van der Waals surface area (Å²) in [7, 11) is 0. The highest BCUT2D eigenvalue weighted by Gasteiger charge is 2.33. The first kappa shape index (κ1) is 5.38. The maximum atomic E-state index is 12.1. The van der Waals surface area contributed by atoms with Crippen molar-refractivity contribution in [2.45, 2.75) is 32.5 Å². The number of amides is 1. The Labute approximate surface area is 124 Å². The van der Waals surface area contributed by atoms with Crippen LogP contribution in [0.3, 0.4) is 0 Å². The van der Waals surface area contributed by atoms with Gasteiger partial charge in [-0.25, -0.2) is 0 Å². The fourth-order valence-electron chi connectivity index (χ4n) is 2.18. The molecular weight excluding hydrogens is 246 g/mol. The number of hydrogen-bond donors (Lipinski definition) is 1. The van der Waals surface area contributed by atoms with E-state index < -0.39 is 36.5 Å². The third kappa shape index (κ3) is 1.67. The van der Waals surface area contributed by atoms with Gasteiger partial charge in [0.2, 0.25) is 5.91 Å². The first-order chi connectivity index (χ1) is 12.1. The van der Waals surface area contributed by atoms with E-state index in [1.54, 1.807) is 0 Å². The van der Waals surface area contributed by atoms with Crippen LogP contribution in [0, 0.1) is 12.8 Å². The van der Waals surface area contributed by atoms with Crippen LogP contribution in [-0.2, 0) is 11.2 Å². The maximum Gasteiger partial charge on any atom is 0.224 e. The Kier molecular flexibility index (Phi) is 1.23. The summed E-state index contributed by atoms with van der Waals surface area (Å²) in [5.41, 5.74) is 4.67. The van der Waals surface area contributed by atoms with E-state index in [0.29, 0.717) is 0 Å². The zero-order valence-electron chi connectivity index (χ0n) is 18.6. The van der Waals surface area contributed by atoms with Crippen molar-refractivity contribution in [3.05, 3.63) is 39.4 Å². The fourth-order valence-corrected chi connectivity index (χ4v) is 2.32. The molecule has 1 amide bonds. The van der Waals surface area contributed by atoms with Gasteiger partial charge >= 0.3 is 0 Å². The second-order valence-electron chi connectivity index (χ2n) is 4.19. The summed E-state index contributed by atoms with van der Waals surface area (Å²) in [6.45, 7) is 1.50. The second-order valence-corrected chi connectivity index (χ2v) is 4.57. The number of carbonyl (C=O) groups is 1. The van der Waals surface area contributed by atoms with Crippen LogP contribution in [0.5, 0.6) is 0 Å². The molecule has 18 heavy (non-hydrogen) atoms. The average Bonchev–Trinajstić information content (AvgIpc) is 2.97. The van der Waals surface area contributed by atoms with Crippen molar-refractivity contribution < 1.29 is 17.1 Å². The van der Waals surface area contributed by atoms with E-state index in [1.165, 1.54) is 6.92 Å². The Hall–Kier alpha value is -1.28. The molecule has 0 radical (unpaired) electrons. The van der Waals surface area contributed by atoms with Crippen molar-refractivity contribution in [2.75, 3.05) is 0 Å². The first-order valence-electron chi connectivity index (χ1n) is 9.89. The highest BCUT2D eigenvalue weighted by atomic mass is 35.5. The number of carbonyl (C=O) groups excluding carboxylic acids is 1. The van der Waals surface area contributed by atoms with Gasteiger partial charge in [-0.1, -0.05) is 17.6 Å². The van der Waals surface area contributed by atoms with E-state index in [2.05, 4.69) is 0 Å². The molecule has 1 unspecified atom stereocenters. The van der Waals surface area contributed by atoms with E-state index in [0.717, 1.165) is 0 Å². The number of nitrogens with two attached hydrogens (primary N) is 1. The fraction of sp³-hybridized carbons (Fsp3) is 0.400. The van der Waals surface area contributed by atoms with E-state index in [9.17, 15) is 4.79 Å². The molecule has 0 bridgehead atoms. The molecular formula is C15H16ClNO. The van der Waals surface area contributed by atoms with Gasteiger partial charge in [0, 0.05) is 14.6 Å². The summed E-state index contributed by atoms with van der Waals surface area (Å²) < 4.78 is 74.1. The third-order valence-electron chi connectivity index (χ3n) is 3.03. The summed E-state index contributed by atoms with van der Waals surface area (Å²) >= 11 is 6.09. The molecule has 0 saturated heterocycles. The normalized spacial score (nSPS) is 41.6. The lowest BCUT2D eigenvalue weighted by Gasteiger charge is -2.22. The van der Waals surface area contributed by atoms with E-state index >= 15 is 0 Å². The van der Waals surface area contributed by atoms with Gasteiger partial charge in [0.15, 0.2) is 0 Å². The summed E-state index contributed by atoms with van der Waals surface area (Å²) in [4.78, 5) is 12.1. The molecule has 0 fully saturated rings. The van der Waals surface area contributed by atoms with Crippen molar-refractivity contribution in [1.29, 1.82) is 0 Å². The zero-order chi connectivity index (χ0) is 20.9. The van der Waals surface area contributed by atoms with E-state index in [-0.39, 0.29) is 45.8 Å². The molecule has 0 aromatic heterocycles. The van der Waals surface area contributed by atoms with Crippen LogP contribution in [0.25, 0.3) is 5.57 Å². The molecule has 2 N–H and O–H groups in total. The first-order valence-corrected chi connectivity index (χ1v) is 5.77. The van der Waals surface area contributed by atoms with Gasteiger partial charge in [0.05, 0.1) is 8.64 Å². The predicted octanol–water partition coefficient (Wildman–Crippen LogP) is 3.24. The van der Waals surface area contributed by atoms with E-state index in [4.69, 9.17) is 29.7 Å². The van der Waals surface area contributed by atoms with Crippen molar-refractivity contribution in [1.82, 2.24) is 0 Å². The van der Waals surface area contributed by atoms with Crippen LogP contribution in [0.4, 0.5) is 0 Å². The molecule has 2 aliphatic carbocycles. The number of allylic oxidation sites excluding steroid dienone is 1. The van der Waals surface area contributed by atoms with Gasteiger partial charge in [-0.15, -0.1) is 0 Å². The largest absolute Gasteiger partial charge is 0.369 e. The van der Waals surface area contributed by atoms with Gasteiger partial charge in [-0.3, -0.25) is 4.79 Å². The van der Waals surface area contributed by atoms with Gasteiger partial charge in [0.1, 0.15) is 0 Å². The topological polar surface area (TPSA) is 43.1 Å². The predicted molar refractivity (Wildman–Crippen MR) is 73.3 cm³/mol. The average molecular weight is 271 g/mol. The van der Waals surface area contributed by atoms with Gasteiger partial charge < -0.3 is 5.73 Å². The molecule has 3 heteroatoms. The van der Waals surface area contributed by atoms with Crippen LogP contribution >= 0.6 is 11.6 Å². The number of hydrogen-bond acceptors (Lipinski definition) is 1. The summed E-state index contributed by atoms with van der Waals surface area (Å²) in [5.74, 6) is -4.37. The number of halogens is 1. The molecule has 0 aliphatic heterocycles. The van der Waals surface area contributed by atoms with Crippen LogP contribution in [0.15, 0.2) is 17.7 Å². The van der Waals surface area contributed by atoms with Crippen molar-refractivity contribution in [2.24, 2.45) is 11.6 Å². The lowest BCUT2D eigenvalue weighted by atomic mass is 9.82. The molecule has 94 valence electrons. The zero-order valence-corrected chi connectivity index (χ0v) is 10.3. The van der Waals surface area contributed by atoms with Crippen LogP contribution in [-0.4, -0.2) is 5.91 Å². The lowest BCUT2D eigenvalue weighted by molar-refractivity contribution is -0.121. The number of rotatable bonds is 1. The Morgan fingerprint density at radius 1 is 1.67 bits per heavy atom. The Bertz CT molecular complexity index is 940. The quantitative estimate of drug-likeness (QED) is 0.836. The monoisotopic (exact) mass is 270 g/mol. The minimum atomic E-state index is -3.32. The molecule has 1 aromatic rings. The van der Waals surface area contributed by atoms with Crippen LogP contribution < -0.4 is 5.73 Å². The Morgan fingerprint density at radius 3 is 3.17 bits per heavy atom. The standard InChI is InChI=1S/C15H16ClNO/c1-8-5-9-6-13-10(12(9)7-14(8)16)3-2-4-11(13)15(17)18/h5,7,11H,2-4,6H2,1H3,(H2,17,18)/i2D2,3D2,4D2,5D,7D,11D. The lowest BCUT2D eigenvalue weighted by Crippen LogP contribution is -2.27. The van der Waals surface area contributed by atoms with Crippen molar-refractivity contribution >= 4 is 23.1 Å². The minimum Gasteiger partial charge on any atom is -0.369 e. The Balaban J connectivity index is 2.53. The van der Waals surface area contributed by atoms with Crippen molar-refractivity contribution in [3.8, 4) is 0 Å². The molecule has 0 saturated carbocycles. The molecule has 0 heterocycles. The highest BCUT2D eigenvalue weighted by Crippen LogP contribution is 2.45. The third-order valence-corrected chi connectivity index (χ3v) is 3.41. The van der Waals surface area contributed by atoms with Gasteiger partial charge in [-0.2, -0.15) is 0 Å². The molecule has 2 nitrogen and oxygen atoms in total. The summed E-state index contributed by atoms with van der Waals surface area (Å²) in [5, 5.41) is -0.118. The Morgan fingerprint density at radius 2 is 2.44 bits per heavy atom. The SMILES string of the molecule is [2H]c1c(C)c(Cl)c([2H])c2c1CC1=C2C([2H])([2H])C([2H])([2H])C([2H])([2H])C1([2H])C(N)=O. The molecule has 2 aliphatic rings. The maximum absolute atomic E-state index is 12.1. The number of primary amides is 1. The summed E-state index contributed by atoms with van der Waals surface area (Å²) in [6, 6.07) is -0.469. The summed E-state index contributed by atoms with van der Waals surface area (Å²) in [6.07, 6.45) is -9.95.